The highest BCUT2D eigenvalue weighted by molar-refractivity contribution is 8.03. The van der Waals surface area contributed by atoms with Crippen molar-refractivity contribution >= 4 is 56.5 Å². The van der Waals surface area contributed by atoms with Gasteiger partial charge in [-0.2, -0.15) is 4.57 Å². The normalized spacial score (nSPS) is 14.2. The molecule has 1 aliphatic heterocycles. The van der Waals surface area contributed by atoms with Crippen LogP contribution < -0.4 is 21.9 Å². The number of allylic oxidation sites excluding steroid dienone is 2. The lowest BCUT2D eigenvalue weighted by molar-refractivity contribution is -0.665. The van der Waals surface area contributed by atoms with E-state index in [2.05, 4.69) is 9.47 Å². The predicted molar refractivity (Wildman–Crippen MR) is 123 cm³/mol. The van der Waals surface area contributed by atoms with Gasteiger partial charge in [-0.05, 0) is 26.0 Å². The quantitative estimate of drug-likeness (QED) is 0.299. The molecule has 0 fully saturated rings. The van der Waals surface area contributed by atoms with Crippen LogP contribution >= 0.6 is 23.1 Å². The van der Waals surface area contributed by atoms with Gasteiger partial charge in [0.15, 0.2) is 0 Å². The fourth-order valence-electron chi connectivity index (χ4n) is 3.53. The van der Waals surface area contributed by atoms with Crippen molar-refractivity contribution in [3.05, 3.63) is 78.8 Å². The molecular formula is C21H19ClN4O4S2. The lowest BCUT2D eigenvalue weighted by Crippen LogP contribution is -3.00. The third kappa shape index (κ3) is 4.34. The maximum atomic E-state index is 11.1. The Labute approximate surface area is 198 Å². The molecular weight excluding hydrogens is 472 g/mol. The zero-order chi connectivity index (χ0) is 22.1. The molecule has 0 spiro atoms. The summed E-state index contributed by atoms with van der Waals surface area (Å²) in [6.45, 7) is 5.58. The smallest absolute Gasteiger partial charge is 0.271 e. The molecule has 4 rings (SSSR count). The van der Waals surface area contributed by atoms with Crippen molar-refractivity contribution in [3.8, 4) is 0 Å². The molecule has 0 unspecified atom stereocenters. The lowest BCUT2D eigenvalue weighted by Gasteiger charge is -2.17. The Morgan fingerprint density at radius 1 is 1.06 bits per heavy atom. The molecule has 0 saturated carbocycles. The van der Waals surface area contributed by atoms with Crippen LogP contribution in [-0.2, 0) is 6.54 Å². The van der Waals surface area contributed by atoms with Crippen molar-refractivity contribution in [2.45, 2.75) is 25.3 Å². The molecule has 0 radical (unpaired) electrons. The van der Waals surface area contributed by atoms with Gasteiger partial charge >= 0.3 is 0 Å². The SMILES string of the molecule is CCN1C(=CC=Cc2sc3cc([N+](=O)[O-])ccc3[n+]2CC)Sc2cc([N+](=O)[O-])ccc21.[Cl-]. The second-order valence-electron chi connectivity index (χ2n) is 6.71. The number of thioether (sulfide) groups is 1. The van der Waals surface area contributed by atoms with Gasteiger partial charge < -0.3 is 17.3 Å². The summed E-state index contributed by atoms with van der Waals surface area (Å²) in [6.07, 6.45) is 5.94. The summed E-state index contributed by atoms with van der Waals surface area (Å²) in [7, 11) is 0. The maximum absolute atomic E-state index is 11.1. The van der Waals surface area contributed by atoms with E-state index in [4.69, 9.17) is 0 Å². The number of hydrogen-bond acceptors (Lipinski definition) is 7. The van der Waals surface area contributed by atoms with E-state index in [0.717, 1.165) is 43.9 Å². The number of nitrogens with zero attached hydrogens (tertiary/aromatic N) is 4. The summed E-state index contributed by atoms with van der Waals surface area (Å²) in [5.74, 6) is 0. The largest absolute Gasteiger partial charge is 1.00 e. The molecule has 1 aliphatic rings. The average Bonchev–Trinajstić information content (AvgIpc) is 3.29. The number of halogens is 1. The molecule has 0 amide bonds. The number of nitro groups is 2. The van der Waals surface area contributed by atoms with Crippen LogP contribution in [0.4, 0.5) is 17.1 Å². The van der Waals surface area contributed by atoms with Crippen LogP contribution in [0.15, 0.2) is 58.5 Å². The summed E-state index contributed by atoms with van der Waals surface area (Å²) >= 11 is 3.02. The van der Waals surface area contributed by atoms with Gasteiger partial charge in [0.25, 0.3) is 16.4 Å². The molecule has 166 valence electrons. The highest BCUT2D eigenvalue weighted by Crippen LogP contribution is 2.47. The number of aromatic nitrogens is 1. The van der Waals surface area contributed by atoms with Gasteiger partial charge in [-0.3, -0.25) is 20.2 Å². The van der Waals surface area contributed by atoms with Crippen molar-refractivity contribution in [1.82, 2.24) is 0 Å². The van der Waals surface area contributed by atoms with Gasteiger partial charge in [-0.25, -0.2) is 0 Å². The first-order valence-corrected chi connectivity index (χ1v) is 11.3. The van der Waals surface area contributed by atoms with Gasteiger partial charge in [0.05, 0.1) is 20.6 Å². The monoisotopic (exact) mass is 490 g/mol. The number of thiazole rings is 1. The molecule has 0 aliphatic carbocycles. The van der Waals surface area contributed by atoms with Gasteiger partial charge in [0, 0.05) is 47.8 Å². The number of anilines is 1. The maximum Gasteiger partial charge on any atom is 0.271 e. The highest BCUT2D eigenvalue weighted by atomic mass is 35.5. The molecule has 8 nitrogen and oxygen atoms in total. The second kappa shape index (κ2) is 9.68. The number of rotatable bonds is 6. The average molecular weight is 491 g/mol. The first kappa shape index (κ1) is 23.7. The van der Waals surface area contributed by atoms with Crippen molar-refractivity contribution in [3.63, 3.8) is 0 Å². The van der Waals surface area contributed by atoms with Gasteiger partial charge in [0.2, 0.25) is 5.52 Å². The minimum atomic E-state index is -0.381. The van der Waals surface area contributed by atoms with Crippen LogP contribution in [0.2, 0.25) is 0 Å². The molecule has 0 saturated heterocycles. The van der Waals surface area contributed by atoms with E-state index in [0.29, 0.717) is 0 Å². The number of hydrogen-bond donors (Lipinski definition) is 0. The number of nitro benzene ring substituents is 2. The molecule has 0 atom stereocenters. The first-order valence-electron chi connectivity index (χ1n) is 9.66. The third-order valence-electron chi connectivity index (χ3n) is 4.96. The second-order valence-corrected chi connectivity index (χ2v) is 8.84. The fourth-order valence-corrected chi connectivity index (χ4v) is 5.87. The van der Waals surface area contributed by atoms with Gasteiger partial charge in [-0.15, -0.1) is 0 Å². The van der Waals surface area contributed by atoms with E-state index in [9.17, 15) is 20.2 Å². The number of aryl methyl sites for hydroxylation is 1. The fraction of sp³-hybridized carbons (Fsp3) is 0.190. The number of non-ortho nitro benzene ring substituents is 2. The number of benzene rings is 2. The topological polar surface area (TPSA) is 93.4 Å². The van der Waals surface area contributed by atoms with Crippen LogP contribution in [0.25, 0.3) is 16.3 Å². The minimum Gasteiger partial charge on any atom is -1.00 e. The Morgan fingerprint density at radius 2 is 1.75 bits per heavy atom. The van der Waals surface area contributed by atoms with Crippen molar-refractivity contribution in [1.29, 1.82) is 0 Å². The third-order valence-corrected chi connectivity index (χ3v) is 7.19. The summed E-state index contributed by atoms with van der Waals surface area (Å²) in [5.41, 5.74) is 2.11. The first-order chi connectivity index (χ1) is 14.9. The van der Waals surface area contributed by atoms with Crippen molar-refractivity contribution in [2.24, 2.45) is 0 Å². The van der Waals surface area contributed by atoms with E-state index in [-0.39, 0.29) is 33.6 Å². The minimum absolute atomic E-state index is 0. The summed E-state index contributed by atoms with van der Waals surface area (Å²) < 4.78 is 2.99. The van der Waals surface area contributed by atoms with E-state index >= 15 is 0 Å². The van der Waals surface area contributed by atoms with Gasteiger partial charge in [0.1, 0.15) is 11.2 Å². The summed E-state index contributed by atoms with van der Waals surface area (Å²) in [6, 6.07) is 9.86. The number of fused-ring (bicyclic) bond motifs is 2. The van der Waals surface area contributed by atoms with Crippen molar-refractivity contribution in [2.75, 3.05) is 11.4 Å². The zero-order valence-corrected chi connectivity index (χ0v) is 19.6. The molecule has 32 heavy (non-hydrogen) atoms. The Hall–Kier alpha value is -2.95. The molecule has 0 N–H and O–H groups in total. The summed E-state index contributed by atoms with van der Waals surface area (Å²) in [5, 5.41) is 24.1. The highest BCUT2D eigenvalue weighted by Gasteiger charge is 2.26. The Kier molecular flexibility index (Phi) is 7.17. The molecule has 2 heterocycles. The molecule has 11 heteroatoms. The summed E-state index contributed by atoms with van der Waals surface area (Å²) in [4.78, 5) is 24.4. The van der Waals surface area contributed by atoms with Crippen LogP contribution in [-0.4, -0.2) is 16.4 Å². The Morgan fingerprint density at radius 3 is 2.41 bits per heavy atom. The van der Waals surface area contributed by atoms with E-state index < -0.39 is 0 Å². The van der Waals surface area contributed by atoms with E-state index in [1.165, 1.54) is 35.2 Å². The standard InChI is InChI=1S/C21H19N4O4S2.ClH/c1-3-22-16-10-8-14(24(26)27)12-18(16)30-20(22)6-5-7-21-23(4-2)17-11-9-15(25(28)29)13-19(17)31-21;/h5-13H,3-4H2,1-2H3;1H/q+1;/p-1. The van der Waals surface area contributed by atoms with Crippen LogP contribution in [0, 0.1) is 20.2 Å². The van der Waals surface area contributed by atoms with Crippen LogP contribution in [0.3, 0.4) is 0 Å². The zero-order valence-electron chi connectivity index (χ0n) is 17.2. The van der Waals surface area contributed by atoms with Crippen LogP contribution in [0.5, 0.6) is 0 Å². The Bertz CT molecular complexity index is 1270. The van der Waals surface area contributed by atoms with E-state index in [1.54, 1.807) is 24.3 Å². The molecule has 2 aromatic carbocycles. The van der Waals surface area contributed by atoms with E-state index in [1.807, 2.05) is 32.1 Å². The van der Waals surface area contributed by atoms with Crippen LogP contribution in [0.1, 0.15) is 18.9 Å². The predicted octanol–water partition coefficient (Wildman–Crippen LogP) is 2.52. The van der Waals surface area contributed by atoms with Gasteiger partial charge in [-0.1, -0.05) is 29.2 Å². The lowest BCUT2D eigenvalue weighted by atomic mass is 10.2. The Balaban J connectivity index is 0.00000289. The molecule has 0 bridgehead atoms. The molecule has 3 aromatic rings. The molecule has 1 aromatic heterocycles. The van der Waals surface area contributed by atoms with Crippen molar-refractivity contribution < 1.29 is 26.8 Å².